The summed E-state index contributed by atoms with van der Waals surface area (Å²) in [6.45, 7) is 2.73. The first kappa shape index (κ1) is 14.5. The zero-order valence-electron chi connectivity index (χ0n) is 10.7. The highest BCUT2D eigenvalue weighted by Gasteiger charge is 2.36. The van der Waals surface area contributed by atoms with Gasteiger partial charge in [-0.15, -0.1) is 0 Å². The lowest BCUT2D eigenvalue weighted by Gasteiger charge is -2.36. The Balaban J connectivity index is 2.43. The number of hydrogen-bond donors (Lipinski definition) is 1. The van der Waals surface area contributed by atoms with Crippen LogP contribution in [0.1, 0.15) is 18.1 Å². The molecule has 1 saturated heterocycles. The van der Waals surface area contributed by atoms with E-state index in [-0.39, 0.29) is 18.3 Å². The Morgan fingerprint density at radius 1 is 1.42 bits per heavy atom. The number of rotatable bonds is 2. The first-order valence-electron chi connectivity index (χ1n) is 6.18. The molecular formula is C13H17F3N2S. The van der Waals surface area contributed by atoms with Gasteiger partial charge in [0.2, 0.25) is 0 Å². The molecule has 0 aromatic heterocycles. The molecule has 1 aromatic carbocycles. The van der Waals surface area contributed by atoms with E-state index in [9.17, 15) is 13.2 Å². The molecule has 0 aliphatic carbocycles. The van der Waals surface area contributed by atoms with Crippen molar-refractivity contribution in [2.75, 3.05) is 23.0 Å². The fourth-order valence-corrected chi connectivity index (χ4v) is 3.29. The monoisotopic (exact) mass is 290 g/mol. The minimum absolute atomic E-state index is 0.114. The van der Waals surface area contributed by atoms with Gasteiger partial charge < -0.3 is 10.6 Å². The number of benzene rings is 1. The van der Waals surface area contributed by atoms with E-state index in [1.54, 1.807) is 23.9 Å². The third-order valence-electron chi connectivity index (χ3n) is 3.28. The topological polar surface area (TPSA) is 29.3 Å². The second-order valence-electron chi connectivity index (χ2n) is 4.67. The Kier molecular flexibility index (Phi) is 4.30. The first-order chi connectivity index (χ1) is 8.93. The maximum Gasteiger partial charge on any atom is 0.418 e. The maximum atomic E-state index is 13.2. The highest BCUT2D eigenvalue weighted by Crippen LogP contribution is 2.38. The fourth-order valence-electron chi connectivity index (χ4n) is 2.27. The van der Waals surface area contributed by atoms with Crippen LogP contribution in [0.2, 0.25) is 0 Å². The van der Waals surface area contributed by atoms with Crippen LogP contribution in [0.15, 0.2) is 18.2 Å². The van der Waals surface area contributed by atoms with Crippen molar-refractivity contribution in [2.45, 2.75) is 25.7 Å². The van der Waals surface area contributed by atoms with Gasteiger partial charge in [0.1, 0.15) is 0 Å². The molecule has 1 atom stereocenters. The molecule has 1 unspecified atom stereocenters. The summed E-state index contributed by atoms with van der Waals surface area (Å²) < 4.78 is 39.5. The summed E-state index contributed by atoms with van der Waals surface area (Å²) in [6.07, 6.45) is -4.34. The maximum absolute atomic E-state index is 13.2. The van der Waals surface area contributed by atoms with Crippen LogP contribution in [-0.4, -0.2) is 24.1 Å². The Hall–Kier alpha value is -0.880. The first-order valence-corrected chi connectivity index (χ1v) is 7.33. The molecule has 1 aromatic rings. The van der Waals surface area contributed by atoms with Crippen molar-refractivity contribution in [1.82, 2.24) is 0 Å². The van der Waals surface area contributed by atoms with Crippen LogP contribution in [0.5, 0.6) is 0 Å². The molecule has 1 fully saturated rings. The molecular weight excluding hydrogens is 273 g/mol. The van der Waals surface area contributed by atoms with Gasteiger partial charge in [0, 0.05) is 36.3 Å². The average molecular weight is 290 g/mol. The normalized spacial score (nSPS) is 20.7. The predicted molar refractivity (Wildman–Crippen MR) is 73.5 cm³/mol. The van der Waals surface area contributed by atoms with Gasteiger partial charge in [-0.25, -0.2) is 0 Å². The van der Waals surface area contributed by atoms with Gasteiger partial charge in [0.25, 0.3) is 0 Å². The van der Waals surface area contributed by atoms with Gasteiger partial charge in [-0.3, -0.25) is 0 Å². The van der Waals surface area contributed by atoms with Crippen molar-refractivity contribution < 1.29 is 13.2 Å². The van der Waals surface area contributed by atoms with E-state index in [1.165, 1.54) is 6.07 Å². The minimum Gasteiger partial charge on any atom is -0.367 e. The summed E-state index contributed by atoms with van der Waals surface area (Å²) in [5, 5.41) is 0. The van der Waals surface area contributed by atoms with E-state index in [1.807, 2.05) is 11.8 Å². The highest BCUT2D eigenvalue weighted by atomic mass is 32.2. The zero-order valence-corrected chi connectivity index (χ0v) is 11.5. The lowest BCUT2D eigenvalue weighted by Crippen LogP contribution is -2.41. The Labute approximate surface area is 115 Å². The van der Waals surface area contributed by atoms with Crippen LogP contribution in [0, 0.1) is 0 Å². The third-order valence-corrected chi connectivity index (χ3v) is 4.47. The largest absolute Gasteiger partial charge is 0.418 e. The van der Waals surface area contributed by atoms with Crippen molar-refractivity contribution in [3.8, 4) is 0 Å². The molecule has 1 aliphatic rings. The van der Waals surface area contributed by atoms with E-state index < -0.39 is 11.7 Å². The van der Waals surface area contributed by atoms with Crippen molar-refractivity contribution in [3.63, 3.8) is 0 Å². The van der Waals surface area contributed by atoms with Crippen molar-refractivity contribution in [2.24, 2.45) is 5.73 Å². The lowest BCUT2D eigenvalue weighted by molar-refractivity contribution is -0.137. The second-order valence-corrected chi connectivity index (χ2v) is 5.82. The summed E-state index contributed by atoms with van der Waals surface area (Å²) in [5.41, 5.74) is 5.64. The zero-order chi connectivity index (χ0) is 14.0. The van der Waals surface area contributed by atoms with Crippen LogP contribution in [0.3, 0.4) is 0 Å². The molecule has 2 nitrogen and oxygen atoms in total. The molecule has 0 spiro atoms. The van der Waals surface area contributed by atoms with E-state index in [0.717, 1.165) is 11.5 Å². The van der Waals surface area contributed by atoms with Crippen LogP contribution in [0.25, 0.3) is 0 Å². The number of nitrogens with two attached hydrogens (primary N) is 1. The molecule has 1 heterocycles. The second kappa shape index (κ2) is 5.63. The lowest BCUT2D eigenvalue weighted by atomic mass is 10.1. The van der Waals surface area contributed by atoms with Crippen LogP contribution in [0.4, 0.5) is 18.9 Å². The molecule has 1 aliphatic heterocycles. The predicted octanol–water partition coefficient (Wildman–Crippen LogP) is 3.11. The SMILES string of the molecule is CC1CSCCN1c1ccc(CN)cc1C(F)(F)F. The Morgan fingerprint density at radius 3 is 2.74 bits per heavy atom. The van der Waals surface area contributed by atoms with Gasteiger partial charge in [0.15, 0.2) is 0 Å². The smallest absolute Gasteiger partial charge is 0.367 e. The number of alkyl halides is 3. The van der Waals surface area contributed by atoms with E-state index >= 15 is 0 Å². The Morgan fingerprint density at radius 2 is 2.16 bits per heavy atom. The van der Waals surface area contributed by atoms with Crippen LogP contribution < -0.4 is 10.6 Å². The summed E-state index contributed by atoms with van der Waals surface area (Å²) in [5.74, 6) is 1.72. The Bertz CT molecular complexity index is 448. The molecule has 2 rings (SSSR count). The molecule has 0 bridgehead atoms. The average Bonchev–Trinajstić information content (AvgIpc) is 2.38. The van der Waals surface area contributed by atoms with E-state index in [0.29, 0.717) is 12.1 Å². The summed E-state index contributed by atoms with van der Waals surface area (Å²) in [4.78, 5) is 1.85. The molecule has 0 amide bonds. The minimum atomic E-state index is -4.34. The van der Waals surface area contributed by atoms with Gasteiger partial charge in [-0.2, -0.15) is 24.9 Å². The molecule has 6 heteroatoms. The fraction of sp³-hybridized carbons (Fsp3) is 0.538. The van der Waals surface area contributed by atoms with Crippen LogP contribution in [-0.2, 0) is 12.7 Å². The van der Waals surface area contributed by atoms with E-state index in [2.05, 4.69) is 0 Å². The van der Waals surface area contributed by atoms with Crippen LogP contribution >= 0.6 is 11.8 Å². The van der Waals surface area contributed by atoms with Gasteiger partial charge >= 0.3 is 6.18 Å². The number of hydrogen-bond acceptors (Lipinski definition) is 3. The number of thioether (sulfide) groups is 1. The third kappa shape index (κ3) is 3.17. The van der Waals surface area contributed by atoms with Gasteiger partial charge in [-0.1, -0.05) is 6.07 Å². The highest BCUT2D eigenvalue weighted by molar-refractivity contribution is 7.99. The number of halogens is 3. The van der Waals surface area contributed by atoms with Gasteiger partial charge in [-0.05, 0) is 24.6 Å². The quantitative estimate of drug-likeness (QED) is 0.907. The molecule has 0 radical (unpaired) electrons. The number of anilines is 1. The van der Waals surface area contributed by atoms with Gasteiger partial charge in [0.05, 0.1) is 5.56 Å². The molecule has 0 saturated carbocycles. The van der Waals surface area contributed by atoms with Crippen molar-refractivity contribution in [3.05, 3.63) is 29.3 Å². The van der Waals surface area contributed by atoms with Crippen molar-refractivity contribution >= 4 is 17.4 Å². The molecule has 106 valence electrons. The standard InChI is InChI=1S/C13H17F3N2S/c1-9-8-19-5-4-18(9)12-3-2-10(7-17)6-11(12)13(14,15)16/h2-3,6,9H,4-5,7-8,17H2,1H3. The van der Waals surface area contributed by atoms with Crippen molar-refractivity contribution in [1.29, 1.82) is 0 Å². The summed E-state index contributed by atoms with van der Waals surface area (Å²) in [7, 11) is 0. The summed E-state index contributed by atoms with van der Waals surface area (Å²) >= 11 is 1.78. The molecule has 19 heavy (non-hydrogen) atoms. The number of nitrogens with zero attached hydrogens (tertiary/aromatic N) is 1. The molecule has 2 N–H and O–H groups in total. The van der Waals surface area contributed by atoms with E-state index in [4.69, 9.17) is 5.73 Å². The summed E-state index contributed by atoms with van der Waals surface area (Å²) in [6, 6.07) is 4.52.